The van der Waals surface area contributed by atoms with Crippen molar-refractivity contribution in [3.05, 3.63) is 0 Å². The molecule has 1 saturated heterocycles. The molecule has 0 aromatic carbocycles. The van der Waals surface area contributed by atoms with Gasteiger partial charge in [0.05, 0.1) is 6.42 Å². The van der Waals surface area contributed by atoms with Crippen LogP contribution in [0.15, 0.2) is 0 Å². The highest BCUT2D eigenvalue weighted by Gasteiger charge is 2.24. The van der Waals surface area contributed by atoms with Gasteiger partial charge in [-0.05, 0) is 44.8 Å². The lowest BCUT2D eigenvalue weighted by Crippen LogP contribution is -2.43. The molecule has 1 aliphatic rings. The van der Waals surface area contributed by atoms with Gasteiger partial charge >= 0.3 is 5.97 Å². The number of carbonyl (C=O) groups is 1. The Bertz CT molecular complexity index is 201. The highest BCUT2D eigenvalue weighted by atomic mass is 16.4. The van der Waals surface area contributed by atoms with E-state index in [0.717, 1.165) is 38.9 Å². The second kappa shape index (κ2) is 6.08. The van der Waals surface area contributed by atoms with Crippen LogP contribution in [-0.2, 0) is 4.79 Å². The van der Waals surface area contributed by atoms with Gasteiger partial charge < -0.3 is 10.8 Å². The Labute approximate surface area is 91.4 Å². The van der Waals surface area contributed by atoms with Crippen molar-refractivity contribution >= 4 is 5.97 Å². The number of nitrogens with two attached hydrogens (primary N) is 1. The molecule has 1 unspecified atom stereocenters. The van der Waals surface area contributed by atoms with Crippen molar-refractivity contribution in [2.45, 2.75) is 38.6 Å². The fraction of sp³-hybridized carbons (Fsp3) is 0.909. The van der Waals surface area contributed by atoms with Crippen LogP contribution < -0.4 is 5.73 Å². The minimum atomic E-state index is -0.692. The van der Waals surface area contributed by atoms with Crippen LogP contribution in [0.4, 0.5) is 0 Å². The van der Waals surface area contributed by atoms with E-state index in [4.69, 9.17) is 10.8 Å². The summed E-state index contributed by atoms with van der Waals surface area (Å²) in [6.45, 7) is 4.84. The summed E-state index contributed by atoms with van der Waals surface area (Å²) in [5.74, 6) is -0.0496. The molecule has 0 amide bonds. The molecular formula is C11H22N2O2. The predicted molar refractivity (Wildman–Crippen MR) is 59.7 cm³/mol. The zero-order chi connectivity index (χ0) is 11.3. The molecule has 0 aliphatic carbocycles. The standard InChI is InChI=1S/C11H22N2O2/c1-2-10(7-11(14)15)13-5-3-9(8-12)4-6-13/h9-10H,2-8,12H2,1H3,(H,14,15). The van der Waals surface area contributed by atoms with Crippen LogP contribution in [0, 0.1) is 5.92 Å². The van der Waals surface area contributed by atoms with Gasteiger partial charge in [-0.2, -0.15) is 0 Å². The highest BCUT2D eigenvalue weighted by Crippen LogP contribution is 2.20. The summed E-state index contributed by atoms with van der Waals surface area (Å²) in [7, 11) is 0. The summed E-state index contributed by atoms with van der Waals surface area (Å²) in [5, 5.41) is 8.80. The zero-order valence-electron chi connectivity index (χ0n) is 9.48. The van der Waals surface area contributed by atoms with E-state index in [1.54, 1.807) is 0 Å². The molecule has 1 fully saturated rings. The van der Waals surface area contributed by atoms with Crippen LogP contribution in [-0.4, -0.2) is 41.7 Å². The fourth-order valence-corrected chi connectivity index (χ4v) is 2.29. The fourth-order valence-electron chi connectivity index (χ4n) is 2.29. The Morgan fingerprint density at radius 3 is 2.53 bits per heavy atom. The quantitative estimate of drug-likeness (QED) is 0.714. The molecule has 0 saturated carbocycles. The molecule has 15 heavy (non-hydrogen) atoms. The minimum absolute atomic E-state index is 0.209. The lowest BCUT2D eigenvalue weighted by atomic mass is 9.95. The van der Waals surface area contributed by atoms with Gasteiger partial charge in [0.25, 0.3) is 0 Å². The third-order valence-corrected chi connectivity index (χ3v) is 3.38. The lowest BCUT2D eigenvalue weighted by molar-refractivity contribution is -0.138. The number of likely N-dealkylation sites (tertiary alicyclic amines) is 1. The van der Waals surface area contributed by atoms with Crippen molar-refractivity contribution in [2.24, 2.45) is 11.7 Å². The molecule has 0 aromatic rings. The van der Waals surface area contributed by atoms with E-state index in [0.29, 0.717) is 5.92 Å². The number of nitrogens with zero attached hydrogens (tertiary/aromatic N) is 1. The van der Waals surface area contributed by atoms with Crippen LogP contribution in [0.3, 0.4) is 0 Å². The Balaban J connectivity index is 2.39. The molecule has 0 spiro atoms. The SMILES string of the molecule is CCC(CC(=O)O)N1CCC(CN)CC1. The van der Waals surface area contributed by atoms with Gasteiger partial charge in [-0.3, -0.25) is 9.69 Å². The number of aliphatic carboxylic acids is 1. The first-order valence-corrected chi connectivity index (χ1v) is 5.83. The number of carboxylic acids is 1. The normalized spacial score (nSPS) is 21.5. The molecule has 1 aliphatic heterocycles. The predicted octanol–water partition coefficient (Wildman–Crippen LogP) is 0.910. The Morgan fingerprint density at radius 2 is 2.13 bits per heavy atom. The smallest absolute Gasteiger partial charge is 0.304 e. The zero-order valence-corrected chi connectivity index (χ0v) is 9.48. The molecule has 0 radical (unpaired) electrons. The number of rotatable bonds is 5. The first-order chi connectivity index (χ1) is 7.17. The third-order valence-electron chi connectivity index (χ3n) is 3.38. The van der Waals surface area contributed by atoms with Crippen LogP contribution in [0.5, 0.6) is 0 Å². The summed E-state index contributed by atoms with van der Waals surface area (Å²) < 4.78 is 0. The minimum Gasteiger partial charge on any atom is -0.481 e. The Morgan fingerprint density at radius 1 is 1.53 bits per heavy atom. The van der Waals surface area contributed by atoms with Gasteiger partial charge in [-0.15, -0.1) is 0 Å². The van der Waals surface area contributed by atoms with Gasteiger partial charge in [0.1, 0.15) is 0 Å². The van der Waals surface area contributed by atoms with Crippen LogP contribution in [0.1, 0.15) is 32.6 Å². The van der Waals surface area contributed by atoms with Crippen molar-refractivity contribution in [1.82, 2.24) is 4.90 Å². The van der Waals surface area contributed by atoms with Crippen LogP contribution in [0.25, 0.3) is 0 Å². The molecule has 4 nitrogen and oxygen atoms in total. The molecule has 1 rings (SSSR count). The van der Waals surface area contributed by atoms with E-state index in [1.807, 2.05) is 0 Å². The summed E-state index contributed by atoms with van der Waals surface area (Å²) in [4.78, 5) is 13.0. The van der Waals surface area contributed by atoms with Gasteiger partial charge in [-0.25, -0.2) is 0 Å². The van der Waals surface area contributed by atoms with Gasteiger partial charge in [0.2, 0.25) is 0 Å². The summed E-state index contributed by atoms with van der Waals surface area (Å²) in [6, 6.07) is 0.209. The molecule has 0 bridgehead atoms. The van der Waals surface area contributed by atoms with Gasteiger partial charge in [0, 0.05) is 6.04 Å². The first kappa shape index (κ1) is 12.5. The second-order valence-corrected chi connectivity index (χ2v) is 4.37. The number of hydrogen-bond acceptors (Lipinski definition) is 3. The Kier molecular flexibility index (Phi) is 5.05. The molecule has 88 valence electrons. The summed E-state index contributed by atoms with van der Waals surface area (Å²) in [5.41, 5.74) is 5.63. The third kappa shape index (κ3) is 3.80. The number of hydrogen-bond donors (Lipinski definition) is 2. The molecule has 0 aromatic heterocycles. The molecule has 3 N–H and O–H groups in total. The Hall–Kier alpha value is -0.610. The molecular weight excluding hydrogens is 192 g/mol. The van der Waals surface area contributed by atoms with Crippen molar-refractivity contribution in [3.8, 4) is 0 Å². The average Bonchev–Trinajstić information content (AvgIpc) is 2.26. The lowest BCUT2D eigenvalue weighted by Gasteiger charge is -2.36. The largest absolute Gasteiger partial charge is 0.481 e. The van der Waals surface area contributed by atoms with Crippen LogP contribution in [0.2, 0.25) is 0 Å². The first-order valence-electron chi connectivity index (χ1n) is 5.83. The molecule has 1 atom stereocenters. The molecule has 1 heterocycles. The topological polar surface area (TPSA) is 66.6 Å². The van der Waals surface area contributed by atoms with E-state index >= 15 is 0 Å². The van der Waals surface area contributed by atoms with Crippen molar-refractivity contribution in [2.75, 3.05) is 19.6 Å². The van der Waals surface area contributed by atoms with Gasteiger partial charge in [-0.1, -0.05) is 6.92 Å². The molecule has 4 heteroatoms. The summed E-state index contributed by atoms with van der Waals surface area (Å²) >= 11 is 0. The van der Waals surface area contributed by atoms with E-state index in [9.17, 15) is 4.79 Å². The highest BCUT2D eigenvalue weighted by molar-refractivity contribution is 5.67. The van der Waals surface area contributed by atoms with E-state index < -0.39 is 5.97 Å². The van der Waals surface area contributed by atoms with Crippen molar-refractivity contribution in [3.63, 3.8) is 0 Å². The van der Waals surface area contributed by atoms with E-state index in [-0.39, 0.29) is 12.5 Å². The summed E-state index contributed by atoms with van der Waals surface area (Å²) in [6.07, 6.45) is 3.42. The number of piperidine rings is 1. The van der Waals surface area contributed by atoms with Crippen molar-refractivity contribution < 1.29 is 9.90 Å². The average molecular weight is 214 g/mol. The second-order valence-electron chi connectivity index (χ2n) is 4.37. The maximum Gasteiger partial charge on any atom is 0.304 e. The number of carboxylic acid groups (broad SMARTS) is 1. The van der Waals surface area contributed by atoms with E-state index in [1.165, 1.54) is 0 Å². The maximum absolute atomic E-state index is 10.7. The van der Waals surface area contributed by atoms with Gasteiger partial charge in [0.15, 0.2) is 0 Å². The van der Waals surface area contributed by atoms with Crippen LogP contribution >= 0.6 is 0 Å². The van der Waals surface area contributed by atoms with Crippen molar-refractivity contribution in [1.29, 1.82) is 0 Å². The maximum atomic E-state index is 10.7. The van der Waals surface area contributed by atoms with E-state index in [2.05, 4.69) is 11.8 Å². The monoisotopic (exact) mass is 214 g/mol.